The molecule has 1 aromatic carbocycles. The molecule has 0 saturated carbocycles. The van der Waals surface area contributed by atoms with Crippen LogP contribution in [0.4, 0.5) is 0 Å². The van der Waals surface area contributed by atoms with Crippen LogP contribution in [0.15, 0.2) is 29.3 Å². The molecule has 0 aliphatic rings. The van der Waals surface area contributed by atoms with Crippen LogP contribution in [0.5, 0.6) is 5.75 Å². The summed E-state index contributed by atoms with van der Waals surface area (Å²) < 4.78 is 5.23. The lowest BCUT2D eigenvalue weighted by Gasteiger charge is -2.11. The number of benzene rings is 1. The number of hydrogen-bond donors (Lipinski definition) is 3. The second kappa shape index (κ2) is 8.04. The number of guanidine groups is 1. The van der Waals surface area contributed by atoms with Crippen molar-refractivity contribution in [2.45, 2.75) is 32.9 Å². The van der Waals surface area contributed by atoms with Crippen molar-refractivity contribution in [2.24, 2.45) is 16.5 Å². The van der Waals surface area contributed by atoms with Gasteiger partial charge < -0.3 is 21.5 Å². The number of nitrogens with zero attached hydrogens (tertiary/aromatic N) is 1. The van der Waals surface area contributed by atoms with Gasteiger partial charge in [-0.15, -0.1) is 0 Å². The zero-order chi connectivity index (χ0) is 15.0. The summed E-state index contributed by atoms with van der Waals surface area (Å²) in [5, 5.41) is 3.09. The standard InChI is InChI=1S/C14H22N4O2/c1-3-10(2)18-14(16)17-8-11-5-4-6-12(7-11)20-9-13(15)19/h4-7,10H,3,8-9H2,1-2H3,(H2,15,19)(H3,16,17,18). The van der Waals surface area contributed by atoms with Gasteiger partial charge in [-0.05, 0) is 31.0 Å². The molecular weight excluding hydrogens is 256 g/mol. The van der Waals surface area contributed by atoms with Crippen LogP contribution in [-0.4, -0.2) is 24.5 Å². The van der Waals surface area contributed by atoms with E-state index >= 15 is 0 Å². The van der Waals surface area contributed by atoms with Crippen LogP contribution < -0.4 is 21.5 Å². The molecule has 6 heteroatoms. The molecule has 0 bridgehead atoms. The Labute approximate surface area is 119 Å². The summed E-state index contributed by atoms with van der Waals surface area (Å²) in [6, 6.07) is 7.61. The van der Waals surface area contributed by atoms with Crippen molar-refractivity contribution in [1.29, 1.82) is 0 Å². The molecule has 0 aromatic heterocycles. The molecular formula is C14H22N4O2. The number of nitrogens with one attached hydrogen (secondary N) is 1. The highest BCUT2D eigenvalue weighted by Crippen LogP contribution is 2.13. The van der Waals surface area contributed by atoms with Gasteiger partial charge in [-0.2, -0.15) is 0 Å². The Bertz CT molecular complexity index is 474. The van der Waals surface area contributed by atoms with Gasteiger partial charge in [-0.3, -0.25) is 4.79 Å². The zero-order valence-corrected chi connectivity index (χ0v) is 11.9. The normalized spacial score (nSPS) is 12.8. The molecule has 6 nitrogen and oxygen atoms in total. The van der Waals surface area contributed by atoms with Gasteiger partial charge in [0.05, 0.1) is 6.54 Å². The molecule has 0 fully saturated rings. The molecule has 0 spiro atoms. The van der Waals surface area contributed by atoms with E-state index in [1.807, 2.05) is 25.1 Å². The van der Waals surface area contributed by atoms with Crippen LogP contribution in [0.25, 0.3) is 0 Å². The predicted octanol–water partition coefficient (Wildman–Crippen LogP) is 0.754. The third kappa shape index (κ3) is 6.08. The molecule has 0 heterocycles. The Morgan fingerprint density at radius 3 is 2.85 bits per heavy atom. The van der Waals surface area contributed by atoms with Crippen molar-refractivity contribution < 1.29 is 9.53 Å². The molecule has 1 amide bonds. The lowest BCUT2D eigenvalue weighted by Crippen LogP contribution is -2.38. The van der Waals surface area contributed by atoms with E-state index in [1.54, 1.807) is 6.07 Å². The Kier molecular flexibility index (Phi) is 6.36. The fraction of sp³-hybridized carbons (Fsp3) is 0.429. The van der Waals surface area contributed by atoms with Crippen LogP contribution in [0.1, 0.15) is 25.8 Å². The number of hydrogen-bond acceptors (Lipinski definition) is 3. The van der Waals surface area contributed by atoms with Crippen LogP contribution in [0.2, 0.25) is 0 Å². The van der Waals surface area contributed by atoms with Gasteiger partial charge >= 0.3 is 0 Å². The van der Waals surface area contributed by atoms with E-state index in [1.165, 1.54) is 0 Å². The average molecular weight is 278 g/mol. The van der Waals surface area contributed by atoms with Crippen molar-refractivity contribution in [3.05, 3.63) is 29.8 Å². The number of carbonyl (C=O) groups excluding carboxylic acids is 1. The summed E-state index contributed by atoms with van der Waals surface area (Å²) in [5.41, 5.74) is 11.8. The van der Waals surface area contributed by atoms with Crippen LogP contribution in [0.3, 0.4) is 0 Å². The molecule has 0 aliphatic heterocycles. The molecule has 110 valence electrons. The Morgan fingerprint density at radius 1 is 1.45 bits per heavy atom. The van der Waals surface area contributed by atoms with E-state index in [-0.39, 0.29) is 6.61 Å². The Balaban J connectivity index is 2.57. The summed E-state index contributed by atoms with van der Waals surface area (Å²) in [7, 11) is 0. The molecule has 0 saturated heterocycles. The van der Waals surface area contributed by atoms with Gasteiger partial charge in [0.1, 0.15) is 5.75 Å². The first kappa shape index (κ1) is 15.8. The third-order valence-electron chi connectivity index (χ3n) is 2.72. The second-order valence-corrected chi connectivity index (χ2v) is 4.56. The van der Waals surface area contributed by atoms with E-state index in [9.17, 15) is 4.79 Å². The first-order chi connectivity index (χ1) is 9.51. The van der Waals surface area contributed by atoms with Gasteiger partial charge in [0, 0.05) is 6.04 Å². The molecule has 20 heavy (non-hydrogen) atoms. The largest absolute Gasteiger partial charge is 0.484 e. The first-order valence-corrected chi connectivity index (χ1v) is 6.57. The second-order valence-electron chi connectivity index (χ2n) is 4.56. The molecule has 1 atom stereocenters. The van der Waals surface area contributed by atoms with Crippen LogP contribution in [0, 0.1) is 0 Å². The van der Waals surface area contributed by atoms with Crippen molar-refractivity contribution in [1.82, 2.24) is 5.32 Å². The quantitative estimate of drug-likeness (QED) is 0.506. The minimum Gasteiger partial charge on any atom is -0.484 e. The van der Waals surface area contributed by atoms with Crippen molar-refractivity contribution in [2.75, 3.05) is 6.61 Å². The lowest BCUT2D eigenvalue weighted by molar-refractivity contribution is -0.119. The van der Waals surface area contributed by atoms with E-state index in [2.05, 4.69) is 17.2 Å². The van der Waals surface area contributed by atoms with Crippen molar-refractivity contribution in [3.63, 3.8) is 0 Å². The summed E-state index contributed by atoms with van der Waals surface area (Å²) in [4.78, 5) is 14.9. The highest BCUT2D eigenvalue weighted by Gasteiger charge is 2.01. The molecule has 5 N–H and O–H groups in total. The van der Waals surface area contributed by atoms with E-state index in [0.29, 0.717) is 24.3 Å². The smallest absolute Gasteiger partial charge is 0.255 e. The van der Waals surface area contributed by atoms with Crippen molar-refractivity contribution in [3.8, 4) is 5.75 Å². The number of rotatable bonds is 7. The minimum atomic E-state index is -0.504. The summed E-state index contributed by atoms with van der Waals surface area (Å²) >= 11 is 0. The third-order valence-corrected chi connectivity index (χ3v) is 2.72. The number of ether oxygens (including phenoxy) is 1. The summed E-state index contributed by atoms with van der Waals surface area (Å²) in [5.74, 6) is 0.503. The maximum Gasteiger partial charge on any atom is 0.255 e. The SMILES string of the molecule is CCC(C)NC(N)=NCc1cccc(OCC(N)=O)c1. The predicted molar refractivity (Wildman–Crippen MR) is 79.3 cm³/mol. The maximum atomic E-state index is 10.7. The van der Waals surface area contributed by atoms with Crippen molar-refractivity contribution >= 4 is 11.9 Å². The van der Waals surface area contributed by atoms with E-state index < -0.39 is 5.91 Å². The van der Waals surface area contributed by atoms with E-state index in [0.717, 1.165) is 12.0 Å². The minimum absolute atomic E-state index is 0.134. The fourth-order valence-electron chi connectivity index (χ4n) is 1.46. The highest BCUT2D eigenvalue weighted by atomic mass is 16.5. The summed E-state index contributed by atoms with van der Waals surface area (Å²) in [6.45, 7) is 4.43. The molecule has 0 radical (unpaired) electrons. The Hall–Kier alpha value is -2.24. The molecule has 1 aromatic rings. The Morgan fingerprint density at radius 2 is 2.20 bits per heavy atom. The van der Waals surface area contributed by atoms with Crippen LogP contribution in [-0.2, 0) is 11.3 Å². The zero-order valence-electron chi connectivity index (χ0n) is 11.9. The number of nitrogens with two attached hydrogens (primary N) is 2. The number of aliphatic imine (C=N–C) groups is 1. The topological polar surface area (TPSA) is 103 Å². The van der Waals surface area contributed by atoms with Gasteiger partial charge in [0.25, 0.3) is 5.91 Å². The first-order valence-electron chi connectivity index (χ1n) is 6.57. The maximum absolute atomic E-state index is 10.7. The molecule has 1 unspecified atom stereocenters. The van der Waals surface area contributed by atoms with Gasteiger partial charge in [0.2, 0.25) is 0 Å². The lowest BCUT2D eigenvalue weighted by atomic mass is 10.2. The molecule has 0 aliphatic carbocycles. The highest BCUT2D eigenvalue weighted by molar-refractivity contribution is 5.78. The molecule has 1 rings (SSSR count). The van der Waals surface area contributed by atoms with Crippen LogP contribution >= 0.6 is 0 Å². The number of amides is 1. The van der Waals surface area contributed by atoms with Gasteiger partial charge in [-0.25, -0.2) is 4.99 Å². The van der Waals surface area contributed by atoms with Gasteiger partial charge in [0.15, 0.2) is 12.6 Å². The van der Waals surface area contributed by atoms with E-state index in [4.69, 9.17) is 16.2 Å². The van der Waals surface area contributed by atoms with Gasteiger partial charge in [-0.1, -0.05) is 19.1 Å². The number of primary amides is 1. The fourth-order valence-corrected chi connectivity index (χ4v) is 1.46. The monoisotopic (exact) mass is 278 g/mol. The average Bonchev–Trinajstić information content (AvgIpc) is 2.43. The summed E-state index contributed by atoms with van der Waals surface area (Å²) in [6.07, 6.45) is 0.979. The number of carbonyl (C=O) groups is 1.